The summed E-state index contributed by atoms with van der Waals surface area (Å²) < 4.78 is 7.71. The van der Waals surface area contributed by atoms with Crippen LogP contribution in [0.25, 0.3) is 4.96 Å². The molecule has 0 bridgehead atoms. The molecule has 3 heterocycles. The molecule has 2 aromatic heterocycles. The van der Waals surface area contributed by atoms with Gasteiger partial charge in [-0.3, -0.25) is 4.40 Å². The number of imidazole rings is 1. The number of anilines is 1. The van der Waals surface area contributed by atoms with Gasteiger partial charge in [0.2, 0.25) is 0 Å². The van der Waals surface area contributed by atoms with Gasteiger partial charge in [0.05, 0.1) is 5.69 Å². The zero-order valence-corrected chi connectivity index (χ0v) is 19.7. The molecular formula is C24H32N4O2S. The summed E-state index contributed by atoms with van der Waals surface area (Å²) >= 11 is 1.77. The zero-order valence-electron chi connectivity index (χ0n) is 18.9. The van der Waals surface area contributed by atoms with E-state index in [9.17, 15) is 4.79 Å². The van der Waals surface area contributed by atoms with Crippen molar-refractivity contribution in [1.82, 2.24) is 14.3 Å². The molecule has 1 aromatic carbocycles. The summed E-state index contributed by atoms with van der Waals surface area (Å²) in [7, 11) is 0. The number of nitrogens with zero attached hydrogens (tertiary/aromatic N) is 3. The highest BCUT2D eigenvalue weighted by molar-refractivity contribution is 7.17. The first kappa shape index (κ1) is 21.7. The third kappa shape index (κ3) is 5.03. The summed E-state index contributed by atoms with van der Waals surface area (Å²) in [5, 5.41) is 3.63. The molecule has 3 aromatic rings. The van der Waals surface area contributed by atoms with E-state index in [-0.39, 0.29) is 11.6 Å². The molecular weight excluding hydrogens is 408 g/mol. The lowest BCUT2D eigenvalue weighted by atomic mass is 9.96. The van der Waals surface area contributed by atoms with Crippen LogP contribution < -0.4 is 5.32 Å². The molecule has 1 amide bonds. The molecule has 4 rings (SSSR count). The van der Waals surface area contributed by atoms with Crippen LogP contribution in [0, 0.1) is 0 Å². The maximum Gasteiger partial charge on any atom is 0.410 e. The predicted molar refractivity (Wildman–Crippen MR) is 126 cm³/mol. The maximum absolute atomic E-state index is 12.4. The summed E-state index contributed by atoms with van der Waals surface area (Å²) in [6.45, 7) is 10.4. The van der Waals surface area contributed by atoms with Crippen molar-refractivity contribution in [2.24, 2.45) is 0 Å². The minimum Gasteiger partial charge on any atom is -0.445 e. The Morgan fingerprint density at radius 3 is 2.58 bits per heavy atom. The van der Waals surface area contributed by atoms with Crippen molar-refractivity contribution >= 4 is 28.2 Å². The van der Waals surface area contributed by atoms with Crippen LogP contribution in [0.3, 0.4) is 0 Å². The van der Waals surface area contributed by atoms with Crippen molar-refractivity contribution in [3.8, 4) is 0 Å². The fourth-order valence-corrected chi connectivity index (χ4v) is 5.16. The number of fused-ring (bicyclic) bond motifs is 1. The van der Waals surface area contributed by atoms with E-state index in [2.05, 4.69) is 43.6 Å². The molecule has 0 atom stereocenters. The minimum atomic E-state index is -0.215. The van der Waals surface area contributed by atoms with Crippen LogP contribution in [-0.4, -0.2) is 39.0 Å². The van der Waals surface area contributed by atoms with Gasteiger partial charge in [-0.05, 0) is 51.5 Å². The van der Waals surface area contributed by atoms with Crippen molar-refractivity contribution < 1.29 is 9.53 Å². The van der Waals surface area contributed by atoms with Crippen molar-refractivity contribution in [3.05, 3.63) is 52.7 Å². The van der Waals surface area contributed by atoms with E-state index in [0.29, 0.717) is 12.5 Å². The van der Waals surface area contributed by atoms with Crippen LogP contribution in [-0.2, 0) is 17.8 Å². The quantitative estimate of drug-likeness (QED) is 0.554. The molecule has 1 aliphatic heterocycles. The average Bonchev–Trinajstić information content (AvgIpc) is 3.31. The number of thiazole rings is 1. The Labute approximate surface area is 188 Å². The lowest BCUT2D eigenvalue weighted by molar-refractivity contribution is 0.0872. The van der Waals surface area contributed by atoms with Crippen molar-refractivity contribution in [2.45, 2.75) is 65.0 Å². The number of amides is 1. The van der Waals surface area contributed by atoms with E-state index in [1.165, 1.54) is 4.88 Å². The Bertz CT molecular complexity index is 1030. The Balaban J connectivity index is 1.38. The third-order valence-corrected chi connectivity index (χ3v) is 6.75. The average molecular weight is 441 g/mol. The second kappa shape index (κ2) is 8.91. The molecule has 1 saturated heterocycles. The van der Waals surface area contributed by atoms with Crippen LogP contribution in [0.2, 0.25) is 0 Å². The monoisotopic (exact) mass is 440 g/mol. The third-order valence-electron chi connectivity index (χ3n) is 5.61. The Hall–Kier alpha value is -2.54. The largest absolute Gasteiger partial charge is 0.445 e. The van der Waals surface area contributed by atoms with Gasteiger partial charge < -0.3 is 15.0 Å². The molecule has 6 nitrogen and oxygen atoms in total. The number of hydrogen-bond acceptors (Lipinski definition) is 5. The van der Waals surface area contributed by atoms with Crippen LogP contribution >= 0.6 is 11.3 Å². The lowest BCUT2D eigenvalue weighted by Gasteiger charge is -2.30. The number of ether oxygens (including phenoxy) is 1. The van der Waals surface area contributed by atoms with Crippen LogP contribution in [0.5, 0.6) is 0 Å². The summed E-state index contributed by atoms with van der Waals surface area (Å²) in [4.78, 5) is 21.5. The predicted octanol–water partition coefficient (Wildman–Crippen LogP) is 5.68. The van der Waals surface area contributed by atoms with Gasteiger partial charge in [-0.15, -0.1) is 11.3 Å². The lowest BCUT2D eigenvalue weighted by Crippen LogP contribution is -2.38. The molecule has 1 N–H and O–H groups in total. The number of rotatable bonds is 5. The van der Waals surface area contributed by atoms with Crippen molar-refractivity contribution in [3.63, 3.8) is 0 Å². The Morgan fingerprint density at radius 2 is 1.94 bits per heavy atom. The van der Waals surface area contributed by atoms with Crippen LogP contribution in [0.15, 0.2) is 36.5 Å². The van der Waals surface area contributed by atoms with E-state index in [0.717, 1.165) is 54.4 Å². The summed E-state index contributed by atoms with van der Waals surface area (Å²) in [6.07, 6.45) is 4.84. The highest BCUT2D eigenvalue weighted by Crippen LogP contribution is 2.36. The first-order chi connectivity index (χ1) is 14.8. The molecule has 1 aliphatic rings. The first-order valence-electron chi connectivity index (χ1n) is 11.1. The van der Waals surface area contributed by atoms with E-state index < -0.39 is 0 Å². The van der Waals surface area contributed by atoms with Gasteiger partial charge in [-0.1, -0.05) is 37.3 Å². The molecule has 1 fully saturated rings. The van der Waals surface area contributed by atoms with Gasteiger partial charge in [0.1, 0.15) is 12.4 Å². The van der Waals surface area contributed by atoms with Crippen LogP contribution in [0.4, 0.5) is 10.6 Å². The normalized spacial score (nSPS) is 15.4. The molecule has 0 radical (unpaired) electrons. The summed E-state index contributed by atoms with van der Waals surface area (Å²) in [5.41, 5.74) is 2.11. The van der Waals surface area contributed by atoms with Gasteiger partial charge in [-0.25, -0.2) is 9.78 Å². The second-order valence-electron chi connectivity index (χ2n) is 9.22. The number of hydrogen-bond donors (Lipinski definition) is 1. The zero-order chi connectivity index (χ0) is 22.0. The number of aromatic nitrogens is 2. The summed E-state index contributed by atoms with van der Waals surface area (Å²) in [6, 6.07) is 9.82. The fourth-order valence-electron chi connectivity index (χ4n) is 3.99. The SMILES string of the molecule is CCc1nc2sc(C3CCN(C(=O)OCc4ccccc4)CC3)cn2c1NC(C)(C)C. The van der Waals surface area contributed by atoms with Crippen LogP contribution in [0.1, 0.15) is 62.6 Å². The number of aryl methyl sites for hydroxylation is 1. The van der Waals surface area contributed by atoms with Gasteiger partial charge in [0, 0.05) is 29.7 Å². The highest BCUT2D eigenvalue weighted by atomic mass is 32.1. The van der Waals surface area contributed by atoms with Crippen molar-refractivity contribution in [2.75, 3.05) is 18.4 Å². The maximum atomic E-state index is 12.4. The van der Waals surface area contributed by atoms with Gasteiger partial charge in [-0.2, -0.15) is 0 Å². The van der Waals surface area contributed by atoms with Gasteiger partial charge in [0.25, 0.3) is 0 Å². The molecule has 0 spiro atoms. The number of carbonyl (C=O) groups excluding carboxylic acids is 1. The number of benzene rings is 1. The number of likely N-dealkylation sites (tertiary alicyclic amines) is 1. The van der Waals surface area contributed by atoms with E-state index in [4.69, 9.17) is 9.72 Å². The number of carbonyl (C=O) groups is 1. The molecule has 7 heteroatoms. The molecule has 0 saturated carbocycles. The van der Waals surface area contributed by atoms with Crippen molar-refractivity contribution in [1.29, 1.82) is 0 Å². The fraction of sp³-hybridized carbons (Fsp3) is 0.500. The highest BCUT2D eigenvalue weighted by Gasteiger charge is 2.27. The Morgan fingerprint density at radius 1 is 1.23 bits per heavy atom. The standard InChI is InChI=1S/C24H32N4O2S/c1-5-19-21(26-24(2,3)4)28-15-20(31-22(28)25-19)18-11-13-27(14-12-18)23(29)30-16-17-9-7-6-8-10-17/h6-10,15,18,26H,5,11-14,16H2,1-4H3. The van der Waals surface area contributed by atoms with Gasteiger partial charge in [0.15, 0.2) is 4.96 Å². The van der Waals surface area contributed by atoms with E-state index in [1.807, 2.05) is 35.2 Å². The number of piperidine rings is 1. The molecule has 166 valence electrons. The van der Waals surface area contributed by atoms with Gasteiger partial charge >= 0.3 is 6.09 Å². The van der Waals surface area contributed by atoms with E-state index in [1.54, 1.807) is 11.3 Å². The minimum absolute atomic E-state index is 0.0204. The molecule has 31 heavy (non-hydrogen) atoms. The Kier molecular flexibility index (Phi) is 6.23. The number of nitrogens with one attached hydrogen (secondary N) is 1. The molecule has 0 aliphatic carbocycles. The first-order valence-corrected chi connectivity index (χ1v) is 11.9. The topological polar surface area (TPSA) is 58.9 Å². The second-order valence-corrected chi connectivity index (χ2v) is 10.3. The molecule has 0 unspecified atom stereocenters. The smallest absolute Gasteiger partial charge is 0.410 e. The summed E-state index contributed by atoms with van der Waals surface area (Å²) in [5.74, 6) is 1.56. The van der Waals surface area contributed by atoms with E-state index >= 15 is 0 Å².